The number of fused-ring (bicyclic) bond motifs is 1. The highest BCUT2D eigenvalue weighted by molar-refractivity contribution is 8.23. The maximum absolute atomic E-state index is 11.1. The van der Waals surface area contributed by atoms with Crippen LogP contribution >= 0.6 is 10.6 Å². The van der Waals surface area contributed by atoms with Crippen LogP contribution in [0.5, 0.6) is 0 Å². The van der Waals surface area contributed by atoms with Crippen molar-refractivity contribution < 1.29 is 19.0 Å². The van der Waals surface area contributed by atoms with Gasteiger partial charge < -0.3 is 15.7 Å². The molecule has 3 atom stereocenters. The lowest BCUT2D eigenvalue weighted by Gasteiger charge is -2.42. The van der Waals surface area contributed by atoms with Gasteiger partial charge in [-0.2, -0.15) is 10.6 Å². The van der Waals surface area contributed by atoms with Crippen molar-refractivity contribution in [3.05, 3.63) is 34.9 Å². The van der Waals surface area contributed by atoms with Crippen LogP contribution in [0.4, 0.5) is 0 Å². The lowest BCUT2D eigenvalue weighted by Crippen LogP contribution is -2.47. The molecule has 0 unspecified atom stereocenters. The molecule has 164 valence electrons. The van der Waals surface area contributed by atoms with Gasteiger partial charge in [0.1, 0.15) is 0 Å². The van der Waals surface area contributed by atoms with Crippen LogP contribution in [0.2, 0.25) is 0 Å². The van der Waals surface area contributed by atoms with Gasteiger partial charge in [-0.25, -0.2) is 0 Å². The van der Waals surface area contributed by atoms with Crippen LogP contribution in [0.1, 0.15) is 68.2 Å². The molecule has 1 aromatic carbocycles. The van der Waals surface area contributed by atoms with Gasteiger partial charge in [-0.05, 0) is 35.4 Å². The molecule has 0 saturated heterocycles. The number of hydrogen-bond acceptors (Lipinski definition) is 5. The van der Waals surface area contributed by atoms with Crippen molar-refractivity contribution in [2.24, 2.45) is 5.92 Å². The average Bonchev–Trinajstić information content (AvgIpc) is 2.71. The molecule has 0 spiro atoms. The topological polar surface area (TPSA) is 102 Å². The smallest absolute Gasteiger partial charge is 0.207 e. The molecular formula is C22H36N2O4S. The number of hydrogen-bond donors (Lipinski definition) is 5. The fourth-order valence-corrected chi connectivity index (χ4v) is 6.47. The van der Waals surface area contributed by atoms with Gasteiger partial charge in [-0.1, -0.05) is 57.2 Å². The molecule has 0 aromatic heterocycles. The number of carbonyl (C=O) groups excluding carboxylic acids is 1. The zero-order valence-electron chi connectivity index (χ0n) is 17.3. The normalized spacial score (nSPS) is 24.9. The first kappa shape index (κ1) is 22.6. The largest absolute Gasteiger partial charge is 0.390 e. The molecule has 1 saturated carbocycles. The first-order chi connectivity index (χ1) is 13.9. The highest BCUT2D eigenvalue weighted by Gasteiger charge is 2.31. The van der Waals surface area contributed by atoms with E-state index in [1.807, 2.05) is 12.1 Å². The van der Waals surface area contributed by atoms with Crippen LogP contribution in [-0.4, -0.2) is 45.1 Å². The molecule has 0 radical (unpaired) electrons. The Balaban J connectivity index is 1.65. The van der Waals surface area contributed by atoms with Crippen LogP contribution in [0.25, 0.3) is 0 Å². The third-order valence-corrected chi connectivity index (χ3v) is 8.09. The van der Waals surface area contributed by atoms with Crippen molar-refractivity contribution in [2.75, 3.05) is 12.3 Å². The van der Waals surface area contributed by atoms with Gasteiger partial charge in [0.15, 0.2) is 0 Å². The molecule has 1 aliphatic carbocycles. The van der Waals surface area contributed by atoms with Crippen LogP contribution < -0.4 is 10.6 Å². The van der Waals surface area contributed by atoms with E-state index in [0.29, 0.717) is 24.6 Å². The van der Waals surface area contributed by atoms with Gasteiger partial charge in [0.2, 0.25) is 6.41 Å². The monoisotopic (exact) mass is 424 g/mol. The number of carbonyl (C=O) groups is 1. The van der Waals surface area contributed by atoms with Crippen LogP contribution in [0.3, 0.4) is 0 Å². The molecule has 7 heteroatoms. The van der Waals surface area contributed by atoms with E-state index in [9.17, 15) is 19.0 Å². The summed E-state index contributed by atoms with van der Waals surface area (Å²) in [5, 5.41) is 16.9. The van der Waals surface area contributed by atoms with Crippen molar-refractivity contribution in [1.82, 2.24) is 10.6 Å². The first-order valence-electron chi connectivity index (χ1n) is 10.9. The lowest BCUT2D eigenvalue weighted by atomic mass is 9.83. The van der Waals surface area contributed by atoms with Crippen molar-refractivity contribution in [3.63, 3.8) is 0 Å². The average molecular weight is 425 g/mol. The molecular weight excluding hydrogens is 388 g/mol. The Bertz CT molecular complexity index is 679. The Kier molecular flexibility index (Phi) is 7.99. The van der Waals surface area contributed by atoms with Crippen molar-refractivity contribution >= 4 is 17.0 Å². The number of aliphatic hydroxyl groups is 1. The van der Waals surface area contributed by atoms with Crippen molar-refractivity contribution in [1.29, 1.82) is 0 Å². The van der Waals surface area contributed by atoms with E-state index in [1.165, 1.54) is 24.8 Å². The molecule has 29 heavy (non-hydrogen) atoms. The Morgan fingerprint density at radius 3 is 2.69 bits per heavy atom. The maximum atomic E-state index is 11.1. The summed E-state index contributed by atoms with van der Waals surface area (Å²) in [6.07, 6.45) is 7.72. The summed E-state index contributed by atoms with van der Waals surface area (Å²) in [5.41, 5.74) is 3.27. The molecule has 1 heterocycles. The molecule has 6 nitrogen and oxygen atoms in total. The summed E-state index contributed by atoms with van der Waals surface area (Å²) in [6, 6.07) is 5.67. The van der Waals surface area contributed by atoms with E-state index in [1.54, 1.807) is 0 Å². The second-order valence-corrected chi connectivity index (χ2v) is 10.9. The zero-order chi connectivity index (χ0) is 20.9. The molecule has 1 fully saturated rings. The summed E-state index contributed by atoms with van der Waals surface area (Å²) in [6.45, 7) is 2.40. The van der Waals surface area contributed by atoms with E-state index in [0.717, 1.165) is 36.8 Å². The quantitative estimate of drug-likeness (QED) is 0.390. The number of aryl methyl sites for hydroxylation is 1. The van der Waals surface area contributed by atoms with Gasteiger partial charge in [0, 0.05) is 6.54 Å². The van der Waals surface area contributed by atoms with E-state index >= 15 is 0 Å². The fraction of sp³-hybridized carbons (Fsp3) is 0.682. The third-order valence-electron chi connectivity index (χ3n) is 6.45. The first-order valence-corrected chi connectivity index (χ1v) is 12.8. The number of aliphatic hydroxyl groups excluding tert-OH is 1. The van der Waals surface area contributed by atoms with Crippen LogP contribution in [-0.2, 0) is 17.0 Å². The minimum Gasteiger partial charge on any atom is -0.390 e. The Morgan fingerprint density at radius 1 is 1.24 bits per heavy atom. The van der Waals surface area contributed by atoms with Gasteiger partial charge in [-0.15, -0.1) is 0 Å². The second-order valence-electron chi connectivity index (χ2n) is 8.66. The summed E-state index contributed by atoms with van der Waals surface area (Å²) >= 11 is 0. The molecule has 5 N–H and O–H groups in total. The van der Waals surface area contributed by atoms with Gasteiger partial charge in [0.05, 0.1) is 29.7 Å². The van der Waals surface area contributed by atoms with Crippen molar-refractivity contribution in [2.45, 2.75) is 75.8 Å². The maximum Gasteiger partial charge on any atom is 0.207 e. The number of amides is 1. The Morgan fingerprint density at radius 2 is 2.00 bits per heavy atom. The van der Waals surface area contributed by atoms with E-state index in [2.05, 4.69) is 23.6 Å². The van der Waals surface area contributed by atoms with Gasteiger partial charge in [-0.3, -0.25) is 13.9 Å². The van der Waals surface area contributed by atoms with Gasteiger partial charge >= 0.3 is 0 Å². The fourth-order valence-electron chi connectivity index (χ4n) is 4.76. The predicted octanol–water partition coefficient (Wildman–Crippen LogP) is 3.59. The minimum atomic E-state index is -2.68. The number of benzene rings is 1. The molecule has 1 amide bonds. The molecule has 0 bridgehead atoms. The minimum absolute atomic E-state index is 0.212. The molecule has 2 aliphatic rings. The zero-order valence-corrected chi connectivity index (χ0v) is 18.2. The molecule has 1 aromatic rings. The standard InChI is InChI=1S/C22H36N2O4S/c1-2-16-8-9-18-13-29(27,28)14-21(19(18)10-16)23-12-22(26)20(24-15-25)11-17-6-4-3-5-7-17/h8-10,15,17,20-23,26-28H,2-7,11-14H2,1H3,(H,24,25)/t20-,21-,22+/m0/s1. The van der Waals surface area contributed by atoms with E-state index < -0.39 is 16.7 Å². The SMILES string of the molecule is CCc1ccc2c(c1)[C@@H](NC[C@@H](O)[C@H](CC1CCCCC1)NC=O)CS(O)(O)C2. The molecule has 1 aliphatic heterocycles. The Hall–Kier alpha value is -1.12. The number of nitrogens with one attached hydrogen (secondary N) is 2. The lowest BCUT2D eigenvalue weighted by molar-refractivity contribution is -0.111. The summed E-state index contributed by atoms with van der Waals surface area (Å²) < 4.78 is 20.7. The van der Waals surface area contributed by atoms with E-state index in [-0.39, 0.29) is 17.8 Å². The highest BCUT2D eigenvalue weighted by atomic mass is 32.3. The Labute approximate surface area is 175 Å². The van der Waals surface area contributed by atoms with Crippen LogP contribution in [0, 0.1) is 5.92 Å². The van der Waals surface area contributed by atoms with Crippen molar-refractivity contribution in [3.8, 4) is 0 Å². The third kappa shape index (κ3) is 6.18. The molecule has 3 rings (SSSR count). The second kappa shape index (κ2) is 10.3. The highest BCUT2D eigenvalue weighted by Crippen LogP contribution is 2.50. The summed E-state index contributed by atoms with van der Waals surface area (Å²) in [5.74, 6) is 1.10. The van der Waals surface area contributed by atoms with E-state index in [4.69, 9.17) is 0 Å². The van der Waals surface area contributed by atoms with Gasteiger partial charge in [0.25, 0.3) is 0 Å². The number of rotatable bonds is 9. The summed E-state index contributed by atoms with van der Waals surface area (Å²) in [7, 11) is -2.68. The van der Waals surface area contributed by atoms with Crippen LogP contribution in [0.15, 0.2) is 18.2 Å². The summed E-state index contributed by atoms with van der Waals surface area (Å²) in [4.78, 5) is 11.1. The predicted molar refractivity (Wildman–Crippen MR) is 118 cm³/mol.